The molecule has 2 rings (SSSR count). The number of esters is 1. The Morgan fingerprint density at radius 2 is 2.15 bits per heavy atom. The Balaban J connectivity index is 2.15. The molecule has 2 N–H and O–H groups in total. The number of nitrogens with zero attached hydrogens (tertiary/aromatic N) is 2. The van der Waals surface area contributed by atoms with Gasteiger partial charge in [0.05, 0.1) is 11.3 Å². The first-order valence-electron chi connectivity index (χ1n) is 5.80. The Hall–Kier alpha value is -1.72. The van der Waals surface area contributed by atoms with Crippen LogP contribution in [0.4, 0.5) is 5.69 Å². The molecular formula is C13H13Cl2N3O2. The van der Waals surface area contributed by atoms with E-state index >= 15 is 0 Å². The number of halogens is 2. The minimum atomic E-state index is -0.552. The summed E-state index contributed by atoms with van der Waals surface area (Å²) in [5.41, 5.74) is 7.65. The van der Waals surface area contributed by atoms with E-state index in [9.17, 15) is 4.79 Å². The molecule has 0 atom stereocenters. The molecule has 0 saturated heterocycles. The lowest BCUT2D eigenvalue weighted by atomic mass is 10.2. The Kier molecular flexibility index (Phi) is 4.20. The number of rotatable bonds is 3. The van der Waals surface area contributed by atoms with Crippen LogP contribution < -0.4 is 5.73 Å². The molecular weight excluding hydrogens is 301 g/mol. The van der Waals surface area contributed by atoms with Crippen LogP contribution in [0.1, 0.15) is 21.6 Å². The number of hydrogen-bond donors (Lipinski definition) is 1. The summed E-state index contributed by atoms with van der Waals surface area (Å²) in [5.74, 6) is -0.552. The van der Waals surface area contributed by atoms with Crippen molar-refractivity contribution in [1.29, 1.82) is 0 Å². The van der Waals surface area contributed by atoms with Crippen molar-refractivity contribution in [2.75, 3.05) is 5.73 Å². The van der Waals surface area contributed by atoms with E-state index in [1.165, 1.54) is 10.7 Å². The van der Waals surface area contributed by atoms with Crippen molar-refractivity contribution in [2.45, 2.75) is 13.5 Å². The molecule has 0 aliphatic carbocycles. The monoisotopic (exact) mass is 313 g/mol. The van der Waals surface area contributed by atoms with Gasteiger partial charge in [-0.1, -0.05) is 23.2 Å². The molecule has 7 heteroatoms. The van der Waals surface area contributed by atoms with Crippen molar-refractivity contribution in [3.63, 3.8) is 0 Å². The van der Waals surface area contributed by atoms with Gasteiger partial charge in [0.2, 0.25) is 0 Å². The van der Waals surface area contributed by atoms with Gasteiger partial charge in [-0.3, -0.25) is 4.68 Å². The van der Waals surface area contributed by atoms with Crippen molar-refractivity contribution in [1.82, 2.24) is 9.78 Å². The fourth-order valence-corrected chi connectivity index (χ4v) is 2.16. The van der Waals surface area contributed by atoms with Crippen LogP contribution in [0, 0.1) is 6.92 Å². The highest BCUT2D eigenvalue weighted by molar-refractivity contribution is 6.31. The van der Waals surface area contributed by atoms with Gasteiger partial charge in [0, 0.05) is 23.3 Å². The molecule has 1 aromatic heterocycles. The van der Waals surface area contributed by atoms with Gasteiger partial charge in [0.25, 0.3) is 0 Å². The molecule has 0 radical (unpaired) electrons. The van der Waals surface area contributed by atoms with Gasteiger partial charge in [0.15, 0.2) is 0 Å². The van der Waals surface area contributed by atoms with Crippen LogP contribution in [0.3, 0.4) is 0 Å². The molecule has 0 spiro atoms. The molecule has 0 fully saturated rings. The number of carbonyl (C=O) groups excluding carboxylic acids is 1. The molecule has 5 nitrogen and oxygen atoms in total. The quantitative estimate of drug-likeness (QED) is 0.698. The lowest BCUT2D eigenvalue weighted by molar-refractivity contribution is 0.0473. The van der Waals surface area contributed by atoms with Crippen LogP contribution in [0.25, 0.3) is 0 Å². The number of hydrogen-bond acceptors (Lipinski definition) is 4. The first kappa shape index (κ1) is 14.7. The van der Waals surface area contributed by atoms with E-state index in [1.807, 2.05) is 0 Å². The van der Waals surface area contributed by atoms with Gasteiger partial charge in [-0.2, -0.15) is 5.10 Å². The SMILES string of the molecule is Cc1nn(C)c(Cl)c1COC(=O)c1cc(Cl)ccc1N. The Morgan fingerprint density at radius 3 is 2.75 bits per heavy atom. The van der Waals surface area contributed by atoms with E-state index in [2.05, 4.69) is 5.10 Å². The zero-order chi connectivity index (χ0) is 14.9. The number of ether oxygens (including phenoxy) is 1. The van der Waals surface area contributed by atoms with Gasteiger partial charge in [0.1, 0.15) is 11.8 Å². The molecule has 1 aromatic carbocycles. The number of aromatic nitrogens is 2. The molecule has 1 heterocycles. The maximum Gasteiger partial charge on any atom is 0.340 e. The largest absolute Gasteiger partial charge is 0.457 e. The number of nitrogens with two attached hydrogens (primary N) is 1. The zero-order valence-electron chi connectivity index (χ0n) is 11.0. The predicted octanol–water partition coefficient (Wildman–Crippen LogP) is 2.97. The second-order valence-electron chi connectivity index (χ2n) is 4.29. The summed E-state index contributed by atoms with van der Waals surface area (Å²) in [6.45, 7) is 1.83. The number of benzene rings is 1. The fraction of sp³-hybridized carbons (Fsp3) is 0.231. The maximum absolute atomic E-state index is 12.0. The van der Waals surface area contributed by atoms with E-state index < -0.39 is 5.97 Å². The highest BCUT2D eigenvalue weighted by Gasteiger charge is 2.16. The summed E-state index contributed by atoms with van der Waals surface area (Å²) in [6.07, 6.45) is 0. The number of carbonyl (C=O) groups is 1. The van der Waals surface area contributed by atoms with Crippen molar-refractivity contribution >= 4 is 34.9 Å². The molecule has 20 heavy (non-hydrogen) atoms. The highest BCUT2D eigenvalue weighted by Crippen LogP contribution is 2.22. The topological polar surface area (TPSA) is 70.1 Å². The molecule has 0 saturated carbocycles. The standard InChI is InChI=1S/C13H13Cl2N3O2/c1-7-10(12(15)18(2)17-7)6-20-13(19)9-5-8(14)3-4-11(9)16/h3-5H,6,16H2,1-2H3. The predicted molar refractivity (Wildman–Crippen MR) is 77.9 cm³/mol. The van der Waals surface area contributed by atoms with E-state index in [1.54, 1.807) is 26.1 Å². The van der Waals surface area contributed by atoms with Gasteiger partial charge < -0.3 is 10.5 Å². The van der Waals surface area contributed by atoms with E-state index in [4.69, 9.17) is 33.7 Å². The summed E-state index contributed by atoms with van der Waals surface area (Å²) in [6, 6.07) is 4.63. The fourth-order valence-electron chi connectivity index (χ4n) is 1.76. The van der Waals surface area contributed by atoms with Crippen molar-refractivity contribution in [2.24, 2.45) is 7.05 Å². The highest BCUT2D eigenvalue weighted by atomic mass is 35.5. The molecule has 0 amide bonds. The Labute approximate surface area is 126 Å². The lowest BCUT2D eigenvalue weighted by Gasteiger charge is -2.07. The second-order valence-corrected chi connectivity index (χ2v) is 5.08. The van der Waals surface area contributed by atoms with Crippen LogP contribution in [0.15, 0.2) is 18.2 Å². The minimum Gasteiger partial charge on any atom is -0.457 e. The average Bonchev–Trinajstić information content (AvgIpc) is 2.64. The normalized spacial score (nSPS) is 10.6. The van der Waals surface area contributed by atoms with Crippen LogP contribution >= 0.6 is 23.2 Å². The van der Waals surface area contributed by atoms with Crippen LogP contribution in [0.5, 0.6) is 0 Å². The van der Waals surface area contributed by atoms with Crippen molar-refractivity contribution in [3.05, 3.63) is 45.2 Å². The molecule has 0 unspecified atom stereocenters. The molecule has 0 bridgehead atoms. The lowest BCUT2D eigenvalue weighted by Crippen LogP contribution is -2.08. The van der Waals surface area contributed by atoms with E-state index in [0.29, 0.717) is 27.1 Å². The number of aryl methyl sites for hydroxylation is 2. The van der Waals surface area contributed by atoms with Crippen molar-refractivity contribution in [3.8, 4) is 0 Å². The summed E-state index contributed by atoms with van der Waals surface area (Å²) in [7, 11) is 1.72. The summed E-state index contributed by atoms with van der Waals surface area (Å²) in [5, 5.41) is 5.00. The first-order chi connectivity index (χ1) is 9.40. The van der Waals surface area contributed by atoms with Crippen LogP contribution in [-0.4, -0.2) is 15.7 Å². The molecule has 0 aliphatic heterocycles. The summed E-state index contributed by atoms with van der Waals surface area (Å²) >= 11 is 11.9. The smallest absolute Gasteiger partial charge is 0.340 e. The van der Waals surface area contributed by atoms with Gasteiger partial charge in [-0.25, -0.2) is 4.79 Å². The molecule has 2 aromatic rings. The molecule has 106 valence electrons. The van der Waals surface area contributed by atoms with E-state index in [-0.39, 0.29) is 12.2 Å². The average molecular weight is 314 g/mol. The summed E-state index contributed by atoms with van der Waals surface area (Å²) < 4.78 is 6.73. The number of nitrogen functional groups attached to an aromatic ring is 1. The van der Waals surface area contributed by atoms with Gasteiger partial charge in [-0.15, -0.1) is 0 Å². The van der Waals surface area contributed by atoms with Gasteiger partial charge in [-0.05, 0) is 25.1 Å². The second kappa shape index (κ2) is 5.73. The third-order valence-electron chi connectivity index (χ3n) is 2.85. The third-order valence-corrected chi connectivity index (χ3v) is 3.56. The zero-order valence-corrected chi connectivity index (χ0v) is 12.5. The Morgan fingerprint density at radius 1 is 1.45 bits per heavy atom. The molecule has 0 aliphatic rings. The maximum atomic E-state index is 12.0. The van der Waals surface area contributed by atoms with E-state index in [0.717, 1.165) is 0 Å². The first-order valence-corrected chi connectivity index (χ1v) is 6.56. The van der Waals surface area contributed by atoms with Gasteiger partial charge >= 0.3 is 5.97 Å². The third kappa shape index (κ3) is 2.89. The van der Waals surface area contributed by atoms with Crippen LogP contribution in [-0.2, 0) is 18.4 Å². The Bertz CT molecular complexity index is 668. The minimum absolute atomic E-state index is 0.0310. The number of anilines is 1. The van der Waals surface area contributed by atoms with Crippen molar-refractivity contribution < 1.29 is 9.53 Å². The summed E-state index contributed by atoms with van der Waals surface area (Å²) in [4.78, 5) is 12.0. The van der Waals surface area contributed by atoms with Crippen LogP contribution in [0.2, 0.25) is 10.2 Å².